The fourth-order valence-electron chi connectivity index (χ4n) is 5.10. The number of hydrogen-bond acceptors (Lipinski definition) is 5. The summed E-state index contributed by atoms with van der Waals surface area (Å²) in [6.45, 7) is 12.5. The zero-order valence-electron chi connectivity index (χ0n) is 18.5. The minimum absolute atomic E-state index is 0.249. The van der Waals surface area contributed by atoms with Crippen LogP contribution in [0.1, 0.15) is 69.4 Å². The van der Waals surface area contributed by atoms with Gasteiger partial charge in [-0.2, -0.15) is 5.10 Å². The van der Waals surface area contributed by atoms with Crippen molar-refractivity contribution in [3.63, 3.8) is 0 Å². The monoisotopic (exact) mass is 408 g/mol. The number of carbonyl (C=O) groups excluding carboxylic acids is 1. The number of hydrogen-bond donors (Lipinski definition) is 0. The van der Waals surface area contributed by atoms with Gasteiger partial charge in [0.15, 0.2) is 0 Å². The third-order valence-electron chi connectivity index (χ3n) is 7.30. The molecule has 2 aromatic heterocycles. The molecule has 2 aromatic rings. The van der Waals surface area contributed by atoms with Gasteiger partial charge in [-0.25, -0.2) is 0 Å². The van der Waals surface area contributed by atoms with Gasteiger partial charge in [-0.3, -0.25) is 19.4 Å². The highest BCUT2D eigenvalue weighted by atomic mass is 16.5. The highest BCUT2D eigenvalue weighted by Gasteiger charge is 2.39. The van der Waals surface area contributed by atoms with Gasteiger partial charge in [0.05, 0.1) is 36.1 Å². The number of piperidine rings is 1. The number of carbonyl (C=O) groups is 1. The minimum Gasteiger partial charge on any atom is -0.378 e. The summed E-state index contributed by atoms with van der Waals surface area (Å²) in [5.41, 5.74) is 4.84. The molecule has 0 radical (unpaired) electrons. The Morgan fingerprint density at radius 2 is 1.90 bits per heavy atom. The number of pyridine rings is 1. The van der Waals surface area contributed by atoms with Crippen LogP contribution in [0.5, 0.6) is 0 Å². The number of aromatic nitrogens is 3. The molecule has 3 aliphatic rings. The molecule has 6 heteroatoms. The number of rotatable bonds is 4. The van der Waals surface area contributed by atoms with Crippen LogP contribution in [0.25, 0.3) is 11.3 Å². The maximum absolute atomic E-state index is 12.4. The Labute approximate surface area is 178 Å². The smallest absolute Gasteiger partial charge is 0.148 e. The van der Waals surface area contributed by atoms with Gasteiger partial charge in [0, 0.05) is 35.8 Å². The van der Waals surface area contributed by atoms with Crippen LogP contribution in [0, 0.1) is 0 Å². The maximum atomic E-state index is 12.4. The van der Waals surface area contributed by atoms with E-state index in [1.165, 1.54) is 18.5 Å². The Hall–Kier alpha value is -2.05. The van der Waals surface area contributed by atoms with Crippen LogP contribution < -0.4 is 0 Å². The average molecular weight is 409 g/mol. The van der Waals surface area contributed by atoms with Crippen LogP contribution >= 0.6 is 0 Å². The van der Waals surface area contributed by atoms with Crippen LogP contribution in [-0.4, -0.2) is 57.8 Å². The van der Waals surface area contributed by atoms with Gasteiger partial charge in [0.25, 0.3) is 0 Å². The molecule has 4 heterocycles. The number of nitrogens with zero attached hydrogens (tertiary/aromatic N) is 4. The zero-order chi connectivity index (χ0) is 21.0. The van der Waals surface area contributed by atoms with Crippen molar-refractivity contribution in [3.8, 4) is 11.3 Å². The second kappa shape index (κ2) is 7.27. The molecule has 0 spiro atoms. The number of likely N-dealkylation sites (tertiary alicyclic amines) is 1. The Morgan fingerprint density at radius 1 is 1.17 bits per heavy atom. The van der Waals surface area contributed by atoms with E-state index in [1.54, 1.807) is 0 Å². The second-order valence-corrected chi connectivity index (χ2v) is 9.94. The molecular formula is C24H32N4O2. The molecule has 6 nitrogen and oxygen atoms in total. The molecule has 1 aliphatic carbocycles. The highest BCUT2D eigenvalue weighted by molar-refractivity contribution is 5.95. The predicted octanol–water partition coefficient (Wildman–Crippen LogP) is 3.51. The van der Waals surface area contributed by atoms with E-state index in [0.29, 0.717) is 24.4 Å². The molecule has 160 valence electrons. The van der Waals surface area contributed by atoms with Crippen molar-refractivity contribution in [2.45, 2.75) is 70.4 Å². The largest absolute Gasteiger partial charge is 0.378 e. The molecule has 0 atom stereocenters. The number of fused-ring (bicyclic) bond motifs is 1. The van der Waals surface area contributed by atoms with E-state index in [4.69, 9.17) is 9.84 Å². The molecule has 2 aliphatic heterocycles. The van der Waals surface area contributed by atoms with Crippen molar-refractivity contribution < 1.29 is 9.53 Å². The quantitative estimate of drug-likeness (QED) is 0.775. The maximum Gasteiger partial charge on any atom is 0.148 e. The summed E-state index contributed by atoms with van der Waals surface area (Å²) in [5, 5.41) is 4.99. The van der Waals surface area contributed by atoms with Gasteiger partial charge >= 0.3 is 0 Å². The molecule has 30 heavy (non-hydrogen) atoms. The number of ketones is 1. The Balaban J connectivity index is 1.43. The summed E-state index contributed by atoms with van der Waals surface area (Å²) in [4.78, 5) is 19.6. The first-order chi connectivity index (χ1) is 14.3. The van der Waals surface area contributed by atoms with Crippen molar-refractivity contribution in [1.82, 2.24) is 19.7 Å². The van der Waals surface area contributed by atoms with Gasteiger partial charge < -0.3 is 4.74 Å². The van der Waals surface area contributed by atoms with Gasteiger partial charge in [0.1, 0.15) is 5.78 Å². The summed E-state index contributed by atoms with van der Waals surface area (Å²) in [5.74, 6) is 0.783. The molecule has 5 rings (SSSR count). The molecule has 0 unspecified atom stereocenters. The van der Waals surface area contributed by atoms with Crippen molar-refractivity contribution in [2.24, 2.45) is 0 Å². The minimum atomic E-state index is -0.458. The lowest BCUT2D eigenvalue weighted by molar-refractivity contribution is -0.121. The van der Waals surface area contributed by atoms with E-state index in [-0.39, 0.29) is 5.78 Å². The van der Waals surface area contributed by atoms with Crippen molar-refractivity contribution in [2.75, 3.05) is 26.3 Å². The lowest BCUT2D eigenvalue weighted by Gasteiger charge is -2.41. The van der Waals surface area contributed by atoms with Crippen molar-refractivity contribution in [1.29, 1.82) is 0 Å². The summed E-state index contributed by atoms with van der Waals surface area (Å²) < 4.78 is 7.57. The normalized spacial score (nSPS) is 22.5. The molecule has 0 saturated carbocycles. The van der Waals surface area contributed by atoms with Crippen molar-refractivity contribution in [3.05, 3.63) is 35.3 Å². The first kappa shape index (κ1) is 19.9. The third-order valence-corrected chi connectivity index (χ3v) is 7.30. The average Bonchev–Trinajstić information content (AvgIpc) is 3.21. The molecule has 2 saturated heterocycles. The fraction of sp³-hybridized carbons (Fsp3) is 0.625. The van der Waals surface area contributed by atoms with Crippen LogP contribution in [-0.2, 0) is 21.4 Å². The fourth-order valence-corrected chi connectivity index (χ4v) is 5.10. The molecular weight excluding hydrogens is 376 g/mol. The van der Waals surface area contributed by atoms with Crippen LogP contribution in [0.2, 0.25) is 0 Å². The number of Topliss-reactive ketones (excluding diaryl/α,β-unsaturated/α-hetero) is 1. The summed E-state index contributed by atoms with van der Waals surface area (Å²) in [6, 6.07) is 5.34. The topological polar surface area (TPSA) is 60.2 Å². The Morgan fingerprint density at radius 3 is 2.53 bits per heavy atom. The van der Waals surface area contributed by atoms with Gasteiger partial charge in [0.2, 0.25) is 0 Å². The van der Waals surface area contributed by atoms with Crippen LogP contribution in [0.15, 0.2) is 18.3 Å². The summed E-state index contributed by atoms with van der Waals surface area (Å²) >= 11 is 0. The van der Waals surface area contributed by atoms with Gasteiger partial charge in [-0.05, 0) is 71.3 Å². The van der Waals surface area contributed by atoms with Crippen LogP contribution in [0.3, 0.4) is 0 Å². The van der Waals surface area contributed by atoms with E-state index in [1.807, 2.05) is 20.0 Å². The lowest BCUT2D eigenvalue weighted by Crippen LogP contribution is -2.51. The molecule has 0 bridgehead atoms. The first-order valence-corrected chi connectivity index (χ1v) is 11.3. The zero-order valence-corrected chi connectivity index (χ0v) is 18.5. The van der Waals surface area contributed by atoms with E-state index in [2.05, 4.69) is 40.5 Å². The Kier molecular flexibility index (Phi) is 4.82. The number of ether oxygens (including phenoxy) is 1. The second-order valence-electron chi connectivity index (χ2n) is 9.94. The van der Waals surface area contributed by atoms with E-state index < -0.39 is 5.41 Å². The van der Waals surface area contributed by atoms with Crippen LogP contribution in [0.4, 0.5) is 0 Å². The van der Waals surface area contributed by atoms with E-state index in [9.17, 15) is 4.79 Å². The van der Waals surface area contributed by atoms with E-state index in [0.717, 1.165) is 48.8 Å². The molecule has 2 fully saturated rings. The third kappa shape index (κ3) is 3.21. The van der Waals surface area contributed by atoms with Crippen molar-refractivity contribution >= 4 is 5.78 Å². The van der Waals surface area contributed by atoms with Gasteiger partial charge in [-0.1, -0.05) is 0 Å². The SMILES string of the molecule is CC(C)n1nc(-c2cnc3c(c2)C(C)(C)C(=O)C3)cc1C1CCN(C2COC2)CC1. The highest BCUT2D eigenvalue weighted by Crippen LogP contribution is 2.38. The lowest BCUT2D eigenvalue weighted by atomic mass is 9.85. The molecule has 0 aromatic carbocycles. The Bertz CT molecular complexity index is 966. The molecule has 0 amide bonds. The van der Waals surface area contributed by atoms with E-state index >= 15 is 0 Å². The summed E-state index contributed by atoms with van der Waals surface area (Å²) in [7, 11) is 0. The predicted molar refractivity (Wildman–Crippen MR) is 116 cm³/mol. The molecule has 0 N–H and O–H groups in total. The standard InChI is InChI=1S/C24H32N4O2/c1-15(2)28-22(16-5-7-27(8-6-16)18-13-30-14-18)10-20(26-28)17-9-19-21(25-12-17)11-23(29)24(19,3)4/h9-10,12,15-16,18H,5-8,11,13-14H2,1-4H3. The first-order valence-electron chi connectivity index (χ1n) is 11.3. The summed E-state index contributed by atoms with van der Waals surface area (Å²) in [6.07, 6.45) is 4.67. The van der Waals surface area contributed by atoms with Gasteiger partial charge in [-0.15, -0.1) is 0 Å².